The molecule has 2 atom stereocenters. The number of rotatable bonds is 6. The number of alkyl halides is 1. The van der Waals surface area contributed by atoms with E-state index in [1.54, 1.807) is 0 Å². The summed E-state index contributed by atoms with van der Waals surface area (Å²) >= 11 is 6.37. The molecule has 2 nitrogen and oxygen atoms in total. The van der Waals surface area contributed by atoms with E-state index < -0.39 is 5.97 Å². The predicted octanol–water partition coefficient (Wildman–Crippen LogP) is 2.30. The van der Waals surface area contributed by atoms with Gasteiger partial charge in [-0.3, -0.25) is 0 Å². The Balaban J connectivity index is 2.58. The molecule has 0 saturated heterocycles. The summed E-state index contributed by atoms with van der Waals surface area (Å²) in [5.41, 5.74) is 0. The quantitative estimate of drug-likeness (QED) is 0.647. The first-order valence-electron chi connectivity index (χ1n) is 5.21. The number of benzene rings is 1. The Bertz CT molecular complexity index is 329. The van der Waals surface area contributed by atoms with Gasteiger partial charge in [-0.15, -0.1) is 0 Å². The van der Waals surface area contributed by atoms with Crippen molar-refractivity contribution < 1.29 is 9.90 Å². The molecule has 0 saturated carbocycles. The Kier molecular flexibility index (Phi) is 5.89. The van der Waals surface area contributed by atoms with Crippen molar-refractivity contribution in [3.05, 3.63) is 30.3 Å². The second kappa shape index (κ2) is 6.95. The Hall–Kier alpha value is -0.501. The Morgan fingerprint density at radius 1 is 1.44 bits per heavy atom. The Morgan fingerprint density at radius 3 is 2.56 bits per heavy atom. The summed E-state index contributed by atoms with van der Waals surface area (Å²) in [6.07, 6.45) is 0.977. The fourth-order valence-corrected chi connectivity index (χ4v) is 4.22. The summed E-state index contributed by atoms with van der Waals surface area (Å²) in [6, 6.07) is 10.1. The molecule has 0 spiro atoms. The average Bonchev–Trinajstić information content (AvgIpc) is 2.26. The maximum absolute atomic E-state index is 10.6. The van der Waals surface area contributed by atoms with Crippen LogP contribution in [0.15, 0.2) is 30.3 Å². The van der Waals surface area contributed by atoms with Crippen molar-refractivity contribution in [2.75, 3.05) is 0 Å². The summed E-state index contributed by atoms with van der Waals surface area (Å²) < 4.78 is 1.28. The molecule has 0 aliphatic carbocycles. The van der Waals surface area contributed by atoms with Crippen molar-refractivity contribution in [3.63, 3.8) is 0 Å². The predicted molar refractivity (Wildman–Crippen MR) is 67.8 cm³/mol. The monoisotopic (exact) mass is 306 g/mol. The molecule has 1 aromatic carbocycles. The van der Waals surface area contributed by atoms with Crippen LogP contribution in [0.3, 0.4) is 0 Å². The van der Waals surface area contributed by atoms with Gasteiger partial charge in [0.2, 0.25) is 0 Å². The molecule has 1 aromatic rings. The maximum atomic E-state index is 10.6. The van der Waals surface area contributed by atoms with Gasteiger partial charge in [-0.1, -0.05) is 0 Å². The van der Waals surface area contributed by atoms with Crippen molar-refractivity contribution in [1.82, 2.24) is 0 Å². The number of halogens is 1. The van der Waals surface area contributed by atoms with Crippen molar-refractivity contribution >= 4 is 37.0 Å². The van der Waals surface area contributed by atoms with E-state index in [0.717, 1.165) is 6.42 Å². The van der Waals surface area contributed by atoms with Crippen LogP contribution in [0.5, 0.6) is 0 Å². The zero-order chi connectivity index (χ0) is 12.0. The van der Waals surface area contributed by atoms with Crippen LogP contribution in [0.1, 0.15) is 19.8 Å². The number of carboxylic acids is 1. The van der Waals surface area contributed by atoms with Crippen molar-refractivity contribution in [2.24, 2.45) is 0 Å². The first-order chi connectivity index (χ1) is 7.63. The fraction of sp³-hybridized carbons (Fsp3) is 0.417. The molecule has 0 heterocycles. The van der Waals surface area contributed by atoms with E-state index in [-0.39, 0.29) is 31.6 Å². The topological polar surface area (TPSA) is 37.3 Å². The van der Waals surface area contributed by atoms with Crippen LogP contribution in [0.4, 0.5) is 0 Å². The van der Waals surface area contributed by atoms with Gasteiger partial charge in [0.05, 0.1) is 0 Å². The van der Waals surface area contributed by atoms with E-state index in [2.05, 4.69) is 19.1 Å². The zero-order valence-electron chi connectivity index (χ0n) is 9.10. The standard InChI is InChI=1S/C12H15ClO2Se/c1-2-11(10(13)8-12(14)15)16-9-6-4-3-5-7-9/h3-7,10-11H,2,8H2,1H3,(H,14,15). The second-order valence-electron chi connectivity index (χ2n) is 3.49. The molecule has 0 aromatic heterocycles. The van der Waals surface area contributed by atoms with E-state index in [4.69, 9.17) is 16.7 Å². The molecule has 4 heteroatoms. The number of carboxylic acid groups (broad SMARTS) is 1. The van der Waals surface area contributed by atoms with Gasteiger partial charge in [0.25, 0.3) is 0 Å². The van der Waals surface area contributed by atoms with Crippen LogP contribution in [0, 0.1) is 0 Å². The molecule has 1 rings (SSSR count). The molecule has 0 radical (unpaired) electrons. The Labute approximate surface area is 107 Å². The van der Waals surface area contributed by atoms with Crippen LogP contribution in [-0.2, 0) is 4.79 Å². The SMILES string of the molecule is CCC([Se]c1ccccc1)C(Cl)CC(=O)O. The van der Waals surface area contributed by atoms with E-state index in [1.165, 1.54) is 4.46 Å². The summed E-state index contributed by atoms with van der Waals surface area (Å²) in [5, 5.41) is 8.46. The zero-order valence-corrected chi connectivity index (χ0v) is 11.6. The van der Waals surface area contributed by atoms with Gasteiger partial charge in [-0.25, -0.2) is 0 Å². The molecule has 0 bridgehead atoms. The minimum absolute atomic E-state index is 0.0502. The number of hydrogen-bond acceptors (Lipinski definition) is 1. The van der Waals surface area contributed by atoms with Crippen LogP contribution >= 0.6 is 11.6 Å². The average molecular weight is 306 g/mol. The molecule has 88 valence electrons. The molecular weight excluding hydrogens is 291 g/mol. The third-order valence-corrected chi connectivity index (χ3v) is 6.17. The number of carbonyl (C=O) groups is 1. The van der Waals surface area contributed by atoms with Crippen molar-refractivity contribution in [3.8, 4) is 0 Å². The van der Waals surface area contributed by atoms with Gasteiger partial charge in [0, 0.05) is 0 Å². The summed E-state index contributed by atoms with van der Waals surface area (Å²) in [5.74, 6) is -0.817. The van der Waals surface area contributed by atoms with E-state index >= 15 is 0 Å². The van der Waals surface area contributed by atoms with Gasteiger partial charge < -0.3 is 0 Å². The van der Waals surface area contributed by atoms with Gasteiger partial charge >= 0.3 is 107 Å². The van der Waals surface area contributed by atoms with E-state index in [0.29, 0.717) is 0 Å². The van der Waals surface area contributed by atoms with Crippen molar-refractivity contribution in [2.45, 2.75) is 30.0 Å². The van der Waals surface area contributed by atoms with Crippen LogP contribution in [-0.4, -0.2) is 31.4 Å². The minimum atomic E-state index is -0.817. The molecule has 2 unspecified atom stereocenters. The molecule has 0 fully saturated rings. The third kappa shape index (κ3) is 4.56. The van der Waals surface area contributed by atoms with Crippen LogP contribution < -0.4 is 4.46 Å². The van der Waals surface area contributed by atoms with Crippen molar-refractivity contribution in [1.29, 1.82) is 0 Å². The summed E-state index contributed by atoms with van der Waals surface area (Å²) in [7, 11) is 0. The van der Waals surface area contributed by atoms with E-state index in [1.807, 2.05) is 18.2 Å². The molecule has 1 N–H and O–H groups in total. The first-order valence-corrected chi connectivity index (χ1v) is 7.49. The second-order valence-corrected chi connectivity index (χ2v) is 6.81. The number of hydrogen-bond donors (Lipinski definition) is 1. The van der Waals surface area contributed by atoms with Crippen LogP contribution in [0.25, 0.3) is 0 Å². The van der Waals surface area contributed by atoms with Gasteiger partial charge in [0.15, 0.2) is 0 Å². The molecule has 16 heavy (non-hydrogen) atoms. The van der Waals surface area contributed by atoms with E-state index in [9.17, 15) is 4.79 Å². The number of aliphatic carboxylic acids is 1. The molecule has 0 amide bonds. The van der Waals surface area contributed by atoms with Gasteiger partial charge in [-0.2, -0.15) is 0 Å². The fourth-order valence-electron chi connectivity index (χ4n) is 1.39. The first kappa shape index (κ1) is 13.6. The normalized spacial score (nSPS) is 14.4. The summed E-state index contributed by atoms with van der Waals surface area (Å²) in [4.78, 5) is 10.9. The van der Waals surface area contributed by atoms with Crippen LogP contribution in [0.2, 0.25) is 4.82 Å². The third-order valence-electron chi connectivity index (χ3n) is 2.21. The molecule has 0 aliphatic rings. The Morgan fingerprint density at radius 2 is 2.06 bits per heavy atom. The molecular formula is C12H15ClO2Se. The molecule has 0 aliphatic heterocycles. The van der Waals surface area contributed by atoms with Gasteiger partial charge in [0.1, 0.15) is 0 Å². The van der Waals surface area contributed by atoms with Gasteiger partial charge in [-0.05, 0) is 0 Å². The summed E-state index contributed by atoms with van der Waals surface area (Å²) in [6.45, 7) is 2.06.